The van der Waals surface area contributed by atoms with E-state index in [-0.39, 0.29) is 24.5 Å². The molecule has 0 radical (unpaired) electrons. The van der Waals surface area contributed by atoms with Gasteiger partial charge in [0.15, 0.2) is 0 Å². The minimum Gasteiger partial charge on any atom is -0.493 e. The Labute approximate surface area is 119 Å². The van der Waals surface area contributed by atoms with Crippen molar-refractivity contribution in [2.75, 3.05) is 6.61 Å². The number of nitrogens with one attached hydrogen (secondary N) is 1. The molecule has 0 atom stereocenters. The molecule has 3 N–H and O–H groups in total. The molecule has 19 heavy (non-hydrogen) atoms. The molecule has 0 saturated heterocycles. The summed E-state index contributed by atoms with van der Waals surface area (Å²) in [6.45, 7) is 7.11. The molecule has 0 bridgehead atoms. The molecule has 1 aromatic rings. The van der Waals surface area contributed by atoms with Crippen LogP contribution < -0.4 is 15.8 Å². The van der Waals surface area contributed by atoms with Crippen LogP contribution in [0.1, 0.15) is 32.8 Å². The topological polar surface area (TPSA) is 64.3 Å². The SMILES string of the molecule is CC(C)(C)NCc1c(Cl)cccc1OCCC(N)=O. The first-order valence-corrected chi connectivity index (χ1v) is 6.61. The fraction of sp³-hybridized carbons (Fsp3) is 0.500. The molecule has 1 rings (SSSR count). The third-order valence-electron chi connectivity index (χ3n) is 2.48. The van der Waals surface area contributed by atoms with Gasteiger partial charge in [-0.2, -0.15) is 0 Å². The van der Waals surface area contributed by atoms with E-state index in [0.29, 0.717) is 17.3 Å². The zero-order chi connectivity index (χ0) is 14.5. The number of hydrogen-bond acceptors (Lipinski definition) is 3. The van der Waals surface area contributed by atoms with Gasteiger partial charge in [0, 0.05) is 22.7 Å². The van der Waals surface area contributed by atoms with Gasteiger partial charge < -0.3 is 15.8 Å². The van der Waals surface area contributed by atoms with Gasteiger partial charge in [-0.1, -0.05) is 17.7 Å². The Kier molecular flexibility index (Phi) is 5.63. The number of carbonyl (C=O) groups excluding carboxylic acids is 1. The van der Waals surface area contributed by atoms with Crippen LogP contribution in [0.2, 0.25) is 5.02 Å². The van der Waals surface area contributed by atoms with Gasteiger partial charge in [-0.05, 0) is 32.9 Å². The molecule has 106 valence electrons. The van der Waals surface area contributed by atoms with Gasteiger partial charge in [0.25, 0.3) is 0 Å². The molecule has 0 fully saturated rings. The van der Waals surface area contributed by atoms with Crippen molar-refractivity contribution in [3.05, 3.63) is 28.8 Å². The lowest BCUT2D eigenvalue weighted by molar-refractivity contribution is -0.118. The average Bonchev–Trinajstić information content (AvgIpc) is 2.26. The lowest BCUT2D eigenvalue weighted by Crippen LogP contribution is -2.35. The monoisotopic (exact) mass is 284 g/mol. The van der Waals surface area contributed by atoms with Gasteiger partial charge in [0.1, 0.15) is 5.75 Å². The average molecular weight is 285 g/mol. The summed E-state index contributed by atoms with van der Waals surface area (Å²) in [5.74, 6) is 0.307. The molecule has 0 unspecified atom stereocenters. The number of rotatable bonds is 6. The van der Waals surface area contributed by atoms with Crippen LogP contribution in [0.25, 0.3) is 0 Å². The maximum atomic E-state index is 10.7. The number of nitrogens with two attached hydrogens (primary N) is 1. The fourth-order valence-electron chi connectivity index (χ4n) is 1.46. The predicted molar refractivity (Wildman–Crippen MR) is 77.4 cm³/mol. The summed E-state index contributed by atoms with van der Waals surface area (Å²) >= 11 is 6.19. The maximum Gasteiger partial charge on any atom is 0.220 e. The van der Waals surface area contributed by atoms with Crippen molar-refractivity contribution in [1.29, 1.82) is 0 Å². The van der Waals surface area contributed by atoms with Gasteiger partial charge in [-0.3, -0.25) is 4.79 Å². The van der Waals surface area contributed by atoms with Crippen LogP contribution in [-0.4, -0.2) is 18.1 Å². The van der Waals surface area contributed by atoms with Crippen LogP contribution in [0.5, 0.6) is 5.75 Å². The Hall–Kier alpha value is -1.26. The number of benzene rings is 1. The van der Waals surface area contributed by atoms with E-state index in [1.54, 1.807) is 0 Å². The van der Waals surface area contributed by atoms with Crippen LogP contribution in [0, 0.1) is 0 Å². The van der Waals surface area contributed by atoms with Crippen molar-refractivity contribution in [3.8, 4) is 5.75 Å². The van der Waals surface area contributed by atoms with E-state index in [1.807, 2.05) is 18.2 Å². The first-order chi connectivity index (χ1) is 8.79. The standard InChI is InChI=1S/C14H21ClN2O2/c1-14(2,3)17-9-10-11(15)5-4-6-12(10)19-8-7-13(16)18/h4-6,17H,7-9H2,1-3H3,(H2,16,18). The van der Waals surface area contributed by atoms with Crippen LogP contribution >= 0.6 is 11.6 Å². The van der Waals surface area contributed by atoms with Gasteiger partial charge in [-0.25, -0.2) is 0 Å². The summed E-state index contributed by atoms with van der Waals surface area (Å²) in [5.41, 5.74) is 5.96. The zero-order valence-electron chi connectivity index (χ0n) is 11.6. The maximum absolute atomic E-state index is 10.7. The van der Waals surface area contributed by atoms with Crippen LogP contribution in [0.15, 0.2) is 18.2 Å². The second kappa shape index (κ2) is 6.78. The molecular weight excluding hydrogens is 264 g/mol. The van der Waals surface area contributed by atoms with Gasteiger partial charge >= 0.3 is 0 Å². The fourth-order valence-corrected chi connectivity index (χ4v) is 1.69. The summed E-state index contributed by atoms with van der Waals surface area (Å²) < 4.78 is 5.57. The minimum atomic E-state index is -0.378. The molecule has 0 heterocycles. The summed E-state index contributed by atoms with van der Waals surface area (Å²) in [6, 6.07) is 5.48. The predicted octanol–water partition coefficient (Wildman–Crippen LogP) is 2.48. The van der Waals surface area contributed by atoms with E-state index >= 15 is 0 Å². The third kappa shape index (κ3) is 5.94. The highest BCUT2D eigenvalue weighted by Gasteiger charge is 2.13. The number of carbonyl (C=O) groups is 1. The highest BCUT2D eigenvalue weighted by molar-refractivity contribution is 6.31. The number of primary amides is 1. The summed E-state index contributed by atoms with van der Waals surface area (Å²) in [4.78, 5) is 10.7. The van der Waals surface area contributed by atoms with Gasteiger partial charge in [0.2, 0.25) is 5.91 Å². The quantitative estimate of drug-likeness (QED) is 0.843. The minimum absolute atomic E-state index is 0.0103. The highest BCUT2D eigenvalue weighted by atomic mass is 35.5. The number of ether oxygens (including phenoxy) is 1. The van der Waals surface area contributed by atoms with Crippen molar-refractivity contribution in [3.63, 3.8) is 0 Å². The first kappa shape index (κ1) is 15.8. The lowest BCUT2D eigenvalue weighted by Gasteiger charge is -2.22. The molecule has 0 aliphatic rings. The first-order valence-electron chi connectivity index (χ1n) is 6.23. The smallest absolute Gasteiger partial charge is 0.220 e. The van der Waals surface area contributed by atoms with E-state index in [0.717, 1.165) is 5.56 Å². The van der Waals surface area contributed by atoms with E-state index < -0.39 is 0 Å². The molecule has 0 spiro atoms. The van der Waals surface area contributed by atoms with Gasteiger partial charge in [-0.15, -0.1) is 0 Å². The van der Waals surface area contributed by atoms with Crippen LogP contribution in [0.4, 0.5) is 0 Å². The largest absolute Gasteiger partial charge is 0.493 e. The molecular formula is C14H21ClN2O2. The summed E-state index contributed by atoms with van der Waals surface area (Å²) in [7, 11) is 0. The highest BCUT2D eigenvalue weighted by Crippen LogP contribution is 2.27. The van der Waals surface area contributed by atoms with Crippen LogP contribution in [-0.2, 0) is 11.3 Å². The Balaban J connectivity index is 2.74. The second-order valence-electron chi connectivity index (χ2n) is 5.38. The van der Waals surface area contributed by atoms with E-state index in [2.05, 4.69) is 26.1 Å². The van der Waals surface area contributed by atoms with E-state index in [9.17, 15) is 4.79 Å². The summed E-state index contributed by atoms with van der Waals surface area (Å²) in [6.07, 6.45) is 0.193. The normalized spacial score (nSPS) is 11.4. The van der Waals surface area contributed by atoms with Crippen molar-refractivity contribution >= 4 is 17.5 Å². The van der Waals surface area contributed by atoms with Crippen molar-refractivity contribution in [1.82, 2.24) is 5.32 Å². The lowest BCUT2D eigenvalue weighted by atomic mass is 10.1. The second-order valence-corrected chi connectivity index (χ2v) is 5.79. The molecule has 5 heteroatoms. The molecule has 0 aliphatic heterocycles. The molecule has 1 amide bonds. The molecule has 4 nitrogen and oxygen atoms in total. The Bertz CT molecular complexity index is 442. The number of halogens is 1. The Morgan fingerprint density at radius 1 is 1.42 bits per heavy atom. The number of amides is 1. The molecule has 0 aliphatic carbocycles. The molecule has 0 aromatic heterocycles. The van der Waals surface area contributed by atoms with Gasteiger partial charge in [0.05, 0.1) is 13.0 Å². The van der Waals surface area contributed by atoms with Crippen molar-refractivity contribution in [2.45, 2.75) is 39.3 Å². The van der Waals surface area contributed by atoms with Crippen molar-refractivity contribution < 1.29 is 9.53 Å². The Morgan fingerprint density at radius 2 is 2.11 bits per heavy atom. The zero-order valence-corrected chi connectivity index (χ0v) is 12.4. The summed E-state index contributed by atoms with van der Waals surface area (Å²) in [5, 5.41) is 4.01. The molecule has 1 aromatic carbocycles. The Morgan fingerprint density at radius 3 is 2.68 bits per heavy atom. The third-order valence-corrected chi connectivity index (χ3v) is 2.83. The van der Waals surface area contributed by atoms with E-state index in [1.165, 1.54) is 0 Å². The van der Waals surface area contributed by atoms with Crippen LogP contribution in [0.3, 0.4) is 0 Å². The van der Waals surface area contributed by atoms with E-state index in [4.69, 9.17) is 22.1 Å². The number of hydrogen-bond donors (Lipinski definition) is 2. The molecule has 0 saturated carbocycles. The van der Waals surface area contributed by atoms with Crippen molar-refractivity contribution in [2.24, 2.45) is 5.73 Å².